The van der Waals surface area contributed by atoms with Crippen molar-refractivity contribution in [2.24, 2.45) is 11.1 Å². The number of amides is 1. The van der Waals surface area contributed by atoms with E-state index in [1.54, 1.807) is 0 Å². The van der Waals surface area contributed by atoms with Gasteiger partial charge in [-0.15, -0.1) is 0 Å². The van der Waals surface area contributed by atoms with Crippen LogP contribution in [0.1, 0.15) is 6.42 Å². The molecular formula is C11H12N2O5S. The van der Waals surface area contributed by atoms with E-state index in [4.69, 9.17) is 10.2 Å². The highest BCUT2D eigenvalue weighted by molar-refractivity contribution is 7.89. The molecule has 1 atom stereocenters. The summed E-state index contributed by atoms with van der Waals surface area (Å²) in [5.74, 6) is -2.04. The molecule has 0 radical (unpaired) electrons. The molecule has 0 spiro atoms. The van der Waals surface area contributed by atoms with Gasteiger partial charge in [0.25, 0.3) is 0 Å². The van der Waals surface area contributed by atoms with E-state index < -0.39 is 21.9 Å². The van der Waals surface area contributed by atoms with Gasteiger partial charge in [-0.1, -0.05) is 0 Å². The second kappa shape index (κ2) is 4.63. The van der Waals surface area contributed by atoms with Crippen molar-refractivity contribution in [1.82, 2.24) is 0 Å². The average Bonchev–Trinajstić information content (AvgIpc) is 2.70. The molecule has 1 saturated heterocycles. The quantitative estimate of drug-likeness (QED) is 0.795. The summed E-state index contributed by atoms with van der Waals surface area (Å²) >= 11 is 0. The minimum absolute atomic E-state index is 0.0493. The highest BCUT2D eigenvalue weighted by atomic mass is 32.2. The summed E-state index contributed by atoms with van der Waals surface area (Å²) in [6.45, 7) is 0.0862. The van der Waals surface area contributed by atoms with E-state index >= 15 is 0 Å². The molecule has 3 N–H and O–H groups in total. The van der Waals surface area contributed by atoms with Crippen molar-refractivity contribution in [2.45, 2.75) is 11.3 Å². The zero-order valence-corrected chi connectivity index (χ0v) is 10.6. The van der Waals surface area contributed by atoms with Crippen LogP contribution in [0.3, 0.4) is 0 Å². The molecule has 0 saturated carbocycles. The number of hydrogen-bond acceptors (Lipinski definition) is 4. The van der Waals surface area contributed by atoms with Crippen LogP contribution in [0.5, 0.6) is 0 Å². The first kappa shape index (κ1) is 13.5. The number of carbonyl (C=O) groups is 2. The predicted molar refractivity (Wildman–Crippen MR) is 65.9 cm³/mol. The van der Waals surface area contributed by atoms with Crippen LogP contribution in [0.2, 0.25) is 0 Å². The zero-order valence-electron chi connectivity index (χ0n) is 9.81. The van der Waals surface area contributed by atoms with Crippen LogP contribution < -0.4 is 10.0 Å². The van der Waals surface area contributed by atoms with Crippen molar-refractivity contribution in [3.63, 3.8) is 0 Å². The molecule has 1 amide bonds. The van der Waals surface area contributed by atoms with E-state index in [2.05, 4.69) is 0 Å². The third-order valence-electron chi connectivity index (χ3n) is 2.95. The summed E-state index contributed by atoms with van der Waals surface area (Å²) in [7, 11) is -3.78. The monoisotopic (exact) mass is 284 g/mol. The smallest absolute Gasteiger partial charge is 0.308 e. The fraction of sp³-hybridized carbons (Fsp3) is 0.273. The van der Waals surface area contributed by atoms with E-state index in [9.17, 15) is 18.0 Å². The van der Waals surface area contributed by atoms with Gasteiger partial charge >= 0.3 is 5.97 Å². The maximum absolute atomic E-state index is 11.7. The molecule has 1 aliphatic rings. The molecule has 102 valence electrons. The van der Waals surface area contributed by atoms with Crippen molar-refractivity contribution < 1.29 is 23.1 Å². The maximum Gasteiger partial charge on any atom is 0.308 e. The van der Waals surface area contributed by atoms with Crippen LogP contribution in [0.25, 0.3) is 0 Å². The first-order chi connectivity index (χ1) is 8.79. The number of carbonyl (C=O) groups excluding carboxylic acids is 1. The van der Waals surface area contributed by atoms with E-state index in [-0.39, 0.29) is 23.8 Å². The summed E-state index contributed by atoms with van der Waals surface area (Å²) in [5.41, 5.74) is 0.459. The number of sulfonamides is 1. The van der Waals surface area contributed by atoms with Gasteiger partial charge in [0.1, 0.15) is 0 Å². The van der Waals surface area contributed by atoms with Crippen molar-refractivity contribution in [3.05, 3.63) is 24.3 Å². The molecule has 1 unspecified atom stereocenters. The van der Waals surface area contributed by atoms with Gasteiger partial charge in [0.2, 0.25) is 15.9 Å². The molecule has 1 heterocycles. The third kappa shape index (κ3) is 2.74. The van der Waals surface area contributed by atoms with E-state index in [1.807, 2.05) is 0 Å². The molecule has 1 aromatic rings. The van der Waals surface area contributed by atoms with Crippen LogP contribution in [0.4, 0.5) is 5.69 Å². The second-order valence-corrected chi connectivity index (χ2v) is 5.84. The first-order valence-corrected chi connectivity index (χ1v) is 6.99. The molecular weight excluding hydrogens is 272 g/mol. The SMILES string of the molecule is NS(=O)(=O)c1ccc(N2CC(C(=O)O)CC2=O)cc1. The van der Waals surface area contributed by atoms with E-state index in [1.165, 1.54) is 29.2 Å². The molecule has 1 aromatic carbocycles. The van der Waals surface area contributed by atoms with Crippen LogP contribution in [-0.4, -0.2) is 31.9 Å². The Kier molecular flexibility index (Phi) is 3.29. The topological polar surface area (TPSA) is 118 Å². The summed E-state index contributed by atoms with van der Waals surface area (Å²) in [4.78, 5) is 23.8. The maximum atomic E-state index is 11.7. The Morgan fingerprint density at radius 1 is 1.32 bits per heavy atom. The minimum Gasteiger partial charge on any atom is -0.481 e. The molecule has 0 aromatic heterocycles. The number of benzene rings is 1. The molecule has 19 heavy (non-hydrogen) atoms. The Hall–Kier alpha value is -1.93. The fourth-order valence-electron chi connectivity index (χ4n) is 1.94. The van der Waals surface area contributed by atoms with Crippen molar-refractivity contribution in [2.75, 3.05) is 11.4 Å². The average molecular weight is 284 g/mol. The molecule has 1 fully saturated rings. The van der Waals surface area contributed by atoms with Gasteiger partial charge in [-0.3, -0.25) is 9.59 Å². The first-order valence-electron chi connectivity index (χ1n) is 5.45. The van der Waals surface area contributed by atoms with E-state index in [0.717, 1.165) is 0 Å². The lowest BCUT2D eigenvalue weighted by Crippen LogP contribution is -2.25. The number of carboxylic acid groups (broad SMARTS) is 1. The van der Waals surface area contributed by atoms with Gasteiger partial charge in [-0.25, -0.2) is 13.6 Å². The molecule has 2 rings (SSSR count). The van der Waals surface area contributed by atoms with Gasteiger partial charge in [-0.2, -0.15) is 0 Å². The standard InChI is InChI=1S/C11H12N2O5S/c12-19(17,18)9-3-1-8(2-4-9)13-6-7(11(15)16)5-10(13)14/h1-4,7H,5-6H2,(H,15,16)(H2,12,17,18). The Bertz CT molecular complexity index is 623. The lowest BCUT2D eigenvalue weighted by Gasteiger charge is -2.16. The van der Waals surface area contributed by atoms with Gasteiger partial charge in [0.15, 0.2) is 0 Å². The lowest BCUT2D eigenvalue weighted by atomic mass is 10.1. The number of rotatable bonds is 3. The Morgan fingerprint density at radius 2 is 1.89 bits per heavy atom. The Balaban J connectivity index is 2.24. The molecule has 1 aliphatic heterocycles. The molecule has 7 nitrogen and oxygen atoms in total. The number of anilines is 1. The van der Waals surface area contributed by atoms with Crippen LogP contribution in [0.15, 0.2) is 29.2 Å². The van der Waals surface area contributed by atoms with Crippen LogP contribution >= 0.6 is 0 Å². The van der Waals surface area contributed by atoms with E-state index in [0.29, 0.717) is 5.69 Å². The highest BCUT2D eigenvalue weighted by Gasteiger charge is 2.35. The van der Waals surface area contributed by atoms with Crippen LogP contribution in [-0.2, 0) is 19.6 Å². The number of aliphatic carboxylic acids is 1. The van der Waals surface area contributed by atoms with Gasteiger partial charge < -0.3 is 10.0 Å². The number of carboxylic acids is 1. The Labute approximate surface area is 109 Å². The second-order valence-electron chi connectivity index (χ2n) is 4.28. The number of hydrogen-bond donors (Lipinski definition) is 2. The minimum atomic E-state index is -3.78. The lowest BCUT2D eigenvalue weighted by molar-refractivity contribution is -0.141. The van der Waals surface area contributed by atoms with Gasteiger partial charge in [0, 0.05) is 18.7 Å². The normalized spacial score (nSPS) is 19.7. The third-order valence-corrected chi connectivity index (χ3v) is 3.88. The molecule has 8 heteroatoms. The molecule has 0 aliphatic carbocycles. The van der Waals surface area contributed by atoms with Crippen molar-refractivity contribution in [3.8, 4) is 0 Å². The Morgan fingerprint density at radius 3 is 2.32 bits per heavy atom. The zero-order chi connectivity index (χ0) is 14.2. The van der Waals surface area contributed by atoms with Crippen molar-refractivity contribution in [1.29, 1.82) is 0 Å². The number of nitrogens with zero attached hydrogens (tertiary/aromatic N) is 1. The van der Waals surface area contributed by atoms with Gasteiger partial charge in [0.05, 0.1) is 10.8 Å². The van der Waals surface area contributed by atoms with Gasteiger partial charge in [-0.05, 0) is 24.3 Å². The summed E-state index contributed by atoms with van der Waals surface area (Å²) in [6, 6.07) is 5.43. The highest BCUT2D eigenvalue weighted by Crippen LogP contribution is 2.26. The predicted octanol–water partition coefficient (Wildman–Crippen LogP) is -0.229. The van der Waals surface area contributed by atoms with Crippen LogP contribution in [0, 0.1) is 5.92 Å². The summed E-state index contributed by atoms with van der Waals surface area (Å²) < 4.78 is 22.2. The van der Waals surface area contributed by atoms with Crippen molar-refractivity contribution >= 4 is 27.6 Å². The number of primary sulfonamides is 1. The fourth-order valence-corrected chi connectivity index (χ4v) is 2.45. The molecule has 0 bridgehead atoms. The summed E-state index contributed by atoms with van der Waals surface area (Å²) in [6.07, 6.45) is -0.0493. The number of nitrogens with two attached hydrogens (primary N) is 1. The summed E-state index contributed by atoms with van der Waals surface area (Å²) in [5, 5.41) is 13.8. The largest absolute Gasteiger partial charge is 0.481 e.